The van der Waals surface area contributed by atoms with Crippen molar-refractivity contribution in [2.24, 2.45) is 5.92 Å². The van der Waals surface area contributed by atoms with Gasteiger partial charge in [-0.15, -0.1) is 0 Å². The zero-order chi connectivity index (χ0) is 22.4. The highest BCUT2D eigenvalue weighted by molar-refractivity contribution is 5.79. The summed E-state index contributed by atoms with van der Waals surface area (Å²) < 4.78 is 32.1. The highest BCUT2D eigenvalue weighted by atomic mass is 19.2. The number of hydrogen-bond acceptors (Lipinski definition) is 5. The number of nitrogens with zero attached hydrogens (tertiary/aromatic N) is 4. The molecule has 1 aliphatic rings. The number of aromatic nitrogens is 2. The van der Waals surface area contributed by atoms with Gasteiger partial charge in [0.1, 0.15) is 17.9 Å². The van der Waals surface area contributed by atoms with Crippen LogP contribution in [0, 0.1) is 17.6 Å². The van der Waals surface area contributed by atoms with Crippen molar-refractivity contribution in [2.75, 3.05) is 24.5 Å². The van der Waals surface area contributed by atoms with E-state index in [0.29, 0.717) is 25.5 Å². The van der Waals surface area contributed by atoms with E-state index in [-0.39, 0.29) is 29.5 Å². The van der Waals surface area contributed by atoms with Crippen molar-refractivity contribution in [3.63, 3.8) is 0 Å². The topological polar surface area (TPSA) is 58.6 Å². The number of ether oxygens (including phenoxy) is 1. The van der Waals surface area contributed by atoms with Gasteiger partial charge in [0.15, 0.2) is 11.6 Å². The van der Waals surface area contributed by atoms with Crippen molar-refractivity contribution in [3.05, 3.63) is 42.2 Å². The Kier molecular flexibility index (Phi) is 7.76. The first-order chi connectivity index (χ1) is 14.9. The molecule has 2 heterocycles. The molecule has 2 aromatic rings. The molecular formula is C23H30F2N4O2. The van der Waals surface area contributed by atoms with E-state index in [2.05, 4.69) is 35.6 Å². The lowest BCUT2D eigenvalue weighted by Gasteiger charge is -2.41. The molecule has 0 bridgehead atoms. The summed E-state index contributed by atoms with van der Waals surface area (Å²) >= 11 is 0. The quantitative estimate of drug-likeness (QED) is 0.600. The molecule has 0 spiro atoms. The van der Waals surface area contributed by atoms with Gasteiger partial charge in [-0.05, 0) is 31.9 Å². The van der Waals surface area contributed by atoms with Crippen LogP contribution in [0.5, 0.6) is 11.6 Å². The first-order valence-electron chi connectivity index (χ1n) is 10.9. The second-order valence-electron chi connectivity index (χ2n) is 7.97. The van der Waals surface area contributed by atoms with Gasteiger partial charge in [-0.1, -0.05) is 26.7 Å². The van der Waals surface area contributed by atoms with Crippen LogP contribution in [0.1, 0.15) is 46.5 Å². The van der Waals surface area contributed by atoms with E-state index in [9.17, 15) is 13.6 Å². The molecule has 6 nitrogen and oxygen atoms in total. The average Bonchev–Trinajstić information content (AvgIpc) is 2.77. The summed E-state index contributed by atoms with van der Waals surface area (Å²) in [6, 6.07) is 5.06. The van der Waals surface area contributed by atoms with Gasteiger partial charge in [-0.3, -0.25) is 4.79 Å². The van der Waals surface area contributed by atoms with Gasteiger partial charge in [0.2, 0.25) is 11.8 Å². The Morgan fingerprint density at radius 3 is 2.68 bits per heavy atom. The molecular weight excluding hydrogens is 402 g/mol. The minimum absolute atomic E-state index is 0.0578. The lowest BCUT2D eigenvalue weighted by Crippen LogP contribution is -2.55. The van der Waals surface area contributed by atoms with Crippen LogP contribution in [-0.4, -0.2) is 46.5 Å². The van der Waals surface area contributed by atoms with Crippen LogP contribution in [0.4, 0.5) is 14.6 Å². The van der Waals surface area contributed by atoms with Crippen molar-refractivity contribution in [3.8, 4) is 11.6 Å². The van der Waals surface area contributed by atoms with Crippen molar-refractivity contribution in [1.29, 1.82) is 0 Å². The van der Waals surface area contributed by atoms with Crippen LogP contribution < -0.4 is 9.64 Å². The molecule has 0 saturated carbocycles. The lowest BCUT2D eigenvalue weighted by molar-refractivity contribution is -0.138. The monoisotopic (exact) mass is 432 g/mol. The third-order valence-corrected chi connectivity index (χ3v) is 5.72. The van der Waals surface area contributed by atoms with Gasteiger partial charge >= 0.3 is 0 Å². The first kappa shape index (κ1) is 22.9. The number of piperazine rings is 1. The highest BCUT2D eigenvalue weighted by Gasteiger charge is 2.31. The fraction of sp³-hybridized carbons (Fsp3) is 0.522. The van der Waals surface area contributed by atoms with E-state index < -0.39 is 11.6 Å². The fourth-order valence-electron chi connectivity index (χ4n) is 3.90. The molecule has 31 heavy (non-hydrogen) atoms. The minimum Gasteiger partial charge on any atom is -0.439 e. The van der Waals surface area contributed by atoms with Crippen molar-refractivity contribution >= 4 is 11.7 Å². The number of carbonyl (C=O) groups is 1. The number of halogens is 2. The van der Waals surface area contributed by atoms with Gasteiger partial charge in [0, 0.05) is 43.7 Å². The van der Waals surface area contributed by atoms with Crippen molar-refractivity contribution < 1.29 is 18.3 Å². The van der Waals surface area contributed by atoms with Gasteiger partial charge in [0.25, 0.3) is 0 Å². The number of rotatable bonds is 8. The van der Waals surface area contributed by atoms with Gasteiger partial charge < -0.3 is 14.5 Å². The van der Waals surface area contributed by atoms with Crippen molar-refractivity contribution in [2.45, 2.75) is 52.5 Å². The minimum atomic E-state index is -0.981. The summed E-state index contributed by atoms with van der Waals surface area (Å²) in [5.74, 6) is -0.512. The van der Waals surface area contributed by atoms with Crippen LogP contribution >= 0.6 is 0 Å². The average molecular weight is 433 g/mol. The van der Waals surface area contributed by atoms with E-state index >= 15 is 0 Å². The highest BCUT2D eigenvalue weighted by Crippen LogP contribution is 2.26. The van der Waals surface area contributed by atoms with Gasteiger partial charge in [-0.2, -0.15) is 0 Å². The van der Waals surface area contributed by atoms with Crippen molar-refractivity contribution in [1.82, 2.24) is 14.9 Å². The normalized spacial score (nSPS) is 17.5. The number of hydrogen-bond donors (Lipinski definition) is 0. The molecule has 0 unspecified atom stereocenters. The maximum absolute atomic E-state index is 13.4. The number of unbranched alkanes of at least 4 members (excludes halogenated alkanes) is 1. The molecule has 2 atom stereocenters. The van der Waals surface area contributed by atoms with E-state index in [1.807, 2.05) is 4.90 Å². The third kappa shape index (κ3) is 5.68. The molecule has 0 radical (unpaired) electrons. The molecule has 0 aliphatic carbocycles. The van der Waals surface area contributed by atoms with Gasteiger partial charge in [0.05, 0.1) is 0 Å². The van der Waals surface area contributed by atoms with E-state index in [4.69, 9.17) is 4.74 Å². The van der Waals surface area contributed by atoms with E-state index in [1.54, 1.807) is 6.07 Å². The summed E-state index contributed by atoms with van der Waals surface area (Å²) in [4.78, 5) is 25.5. The zero-order valence-electron chi connectivity index (χ0n) is 18.4. The molecule has 0 N–H and O–H groups in total. The Morgan fingerprint density at radius 2 is 2.00 bits per heavy atom. The maximum atomic E-state index is 13.4. The first-order valence-corrected chi connectivity index (χ1v) is 10.9. The number of amides is 1. The molecule has 8 heteroatoms. The van der Waals surface area contributed by atoms with Crippen LogP contribution in [0.3, 0.4) is 0 Å². The molecule has 168 valence electrons. The lowest BCUT2D eigenvalue weighted by atomic mass is 9.96. The zero-order valence-corrected chi connectivity index (χ0v) is 18.4. The second-order valence-corrected chi connectivity index (χ2v) is 7.97. The second kappa shape index (κ2) is 10.5. The Balaban J connectivity index is 1.65. The molecule has 1 aliphatic heterocycles. The summed E-state index contributed by atoms with van der Waals surface area (Å²) in [5.41, 5.74) is 0. The fourth-order valence-corrected chi connectivity index (χ4v) is 3.90. The third-order valence-electron chi connectivity index (χ3n) is 5.72. The summed E-state index contributed by atoms with van der Waals surface area (Å²) in [7, 11) is 0. The Bertz CT molecular complexity index is 896. The van der Waals surface area contributed by atoms with Crippen LogP contribution in [0.25, 0.3) is 0 Å². The largest absolute Gasteiger partial charge is 0.439 e. The molecule has 1 aromatic carbocycles. The Labute approximate surface area is 182 Å². The predicted octanol–water partition coefficient (Wildman–Crippen LogP) is 4.80. The molecule has 3 rings (SSSR count). The summed E-state index contributed by atoms with van der Waals surface area (Å²) in [5, 5.41) is 0. The Morgan fingerprint density at radius 1 is 1.19 bits per heavy atom. The van der Waals surface area contributed by atoms with E-state index in [0.717, 1.165) is 37.8 Å². The molecule has 1 amide bonds. The smallest absolute Gasteiger partial charge is 0.226 e. The summed E-state index contributed by atoms with van der Waals surface area (Å²) in [6.07, 6.45) is 5.35. The van der Waals surface area contributed by atoms with Crippen LogP contribution in [0.15, 0.2) is 30.6 Å². The predicted molar refractivity (Wildman–Crippen MR) is 115 cm³/mol. The van der Waals surface area contributed by atoms with Crippen LogP contribution in [-0.2, 0) is 4.79 Å². The maximum Gasteiger partial charge on any atom is 0.226 e. The molecule has 1 fully saturated rings. The number of anilines is 1. The molecule has 1 saturated heterocycles. The standard InChI is InChI=1S/C23H30F2N4O2/c1-4-6-7-17(5-2)23(30)29-11-10-28(14-16(29)3)21-13-22(27-15-26-21)31-18-8-9-19(24)20(25)12-18/h8-9,12-13,15-17H,4-7,10-11,14H2,1-3H3/t16-,17+/m1/s1. The Hall–Kier alpha value is -2.77. The number of benzene rings is 1. The van der Waals surface area contributed by atoms with Crippen LogP contribution in [0.2, 0.25) is 0 Å². The van der Waals surface area contributed by atoms with Gasteiger partial charge in [-0.25, -0.2) is 18.7 Å². The van der Waals surface area contributed by atoms with E-state index in [1.165, 1.54) is 12.4 Å². The number of carbonyl (C=O) groups excluding carboxylic acids is 1. The molecule has 1 aromatic heterocycles. The SMILES string of the molecule is CCCC[C@H](CC)C(=O)N1CCN(c2cc(Oc3ccc(F)c(F)c3)ncn2)C[C@H]1C. The summed E-state index contributed by atoms with van der Waals surface area (Å²) in [6.45, 7) is 8.21.